The van der Waals surface area contributed by atoms with E-state index in [1.807, 2.05) is 13.0 Å². The minimum absolute atomic E-state index is 0.0631. The first kappa shape index (κ1) is 17.0. The van der Waals surface area contributed by atoms with Gasteiger partial charge in [-0.3, -0.25) is 14.5 Å². The van der Waals surface area contributed by atoms with Gasteiger partial charge in [-0.2, -0.15) is 0 Å². The number of piperidine rings is 1. The molecule has 0 bridgehead atoms. The van der Waals surface area contributed by atoms with Crippen LogP contribution in [0.3, 0.4) is 0 Å². The number of aliphatic carboxylic acids is 1. The van der Waals surface area contributed by atoms with E-state index in [4.69, 9.17) is 0 Å². The molecule has 0 radical (unpaired) electrons. The van der Waals surface area contributed by atoms with Crippen molar-refractivity contribution in [3.05, 3.63) is 35.4 Å². The standard InChI is InChI=1S/C19H26N2O3/c1-2-19(18(23)24)9-5-10-21(14-19)17(22)13-20-11-8-15-6-3-4-7-16(15)12-20/h3-4,6-7H,2,5,8-14H2,1H3,(H,23,24)/t19-/m1/s1. The van der Waals surface area contributed by atoms with Crippen LogP contribution in [0, 0.1) is 5.41 Å². The molecule has 1 atom stereocenters. The molecule has 2 aliphatic heterocycles. The number of carboxylic acids is 1. The third-order valence-electron chi connectivity index (χ3n) is 5.63. The summed E-state index contributed by atoms with van der Waals surface area (Å²) < 4.78 is 0. The van der Waals surface area contributed by atoms with Crippen molar-refractivity contribution in [1.82, 2.24) is 9.80 Å². The van der Waals surface area contributed by atoms with E-state index in [0.29, 0.717) is 32.5 Å². The Kier molecular flexibility index (Phi) is 4.90. The average Bonchev–Trinajstić information content (AvgIpc) is 2.61. The first-order valence-electron chi connectivity index (χ1n) is 8.84. The van der Waals surface area contributed by atoms with E-state index >= 15 is 0 Å². The number of carbonyl (C=O) groups is 2. The minimum atomic E-state index is -0.769. The fourth-order valence-corrected chi connectivity index (χ4v) is 3.94. The molecule has 0 spiro atoms. The number of nitrogens with zero attached hydrogens (tertiary/aromatic N) is 2. The molecule has 1 N–H and O–H groups in total. The van der Waals surface area contributed by atoms with Crippen molar-refractivity contribution in [2.45, 2.75) is 39.2 Å². The van der Waals surface area contributed by atoms with Crippen LogP contribution in [-0.2, 0) is 22.6 Å². The highest BCUT2D eigenvalue weighted by atomic mass is 16.4. The lowest BCUT2D eigenvalue weighted by Crippen LogP contribution is -2.52. The highest BCUT2D eigenvalue weighted by Gasteiger charge is 2.42. The Morgan fingerprint density at radius 2 is 1.96 bits per heavy atom. The lowest BCUT2D eigenvalue weighted by molar-refractivity contribution is -0.155. The molecule has 5 nitrogen and oxygen atoms in total. The predicted octanol–water partition coefficient (Wildman–Crippen LogP) is 2.15. The Bertz CT molecular complexity index is 631. The summed E-state index contributed by atoms with van der Waals surface area (Å²) >= 11 is 0. The second kappa shape index (κ2) is 6.93. The van der Waals surface area contributed by atoms with Crippen molar-refractivity contribution >= 4 is 11.9 Å². The number of hydrogen-bond donors (Lipinski definition) is 1. The fourth-order valence-electron chi connectivity index (χ4n) is 3.94. The Hall–Kier alpha value is -1.88. The molecule has 1 saturated heterocycles. The number of benzene rings is 1. The average molecular weight is 330 g/mol. The SMILES string of the molecule is CC[C@@]1(C(=O)O)CCCN(C(=O)CN2CCc3ccccc3C2)C1. The zero-order chi connectivity index (χ0) is 17.2. The molecule has 0 aromatic heterocycles. The largest absolute Gasteiger partial charge is 0.481 e. The summed E-state index contributed by atoms with van der Waals surface area (Å²) in [6.07, 6.45) is 2.98. The van der Waals surface area contributed by atoms with Gasteiger partial charge in [0.05, 0.1) is 12.0 Å². The van der Waals surface area contributed by atoms with Crippen LogP contribution in [0.4, 0.5) is 0 Å². The Morgan fingerprint density at radius 1 is 1.21 bits per heavy atom. The maximum Gasteiger partial charge on any atom is 0.311 e. The lowest BCUT2D eigenvalue weighted by Gasteiger charge is -2.40. The summed E-state index contributed by atoms with van der Waals surface area (Å²) in [7, 11) is 0. The Balaban J connectivity index is 1.62. The summed E-state index contributed by atoms with van der Waals surface area (Å²) in [6, 6.07) is 8.38. The first-order chi connectivity index (χ1) is 11.5. The quantitative estimate of drug-likeness (QED) is 0.919. The highest BCUT2D eigenvalue weighted by molar-refractivity contribution is 5.81. The van der Waals surface area contributed by atoms with Gasteiger partial charge in [-0.15, -0.1) is 0 Å². The van der Waals surface area contributed by atoms with Crippen LogP contribution in [0.15, 0.2) is 24.3 Å². The predicted molar refractivity (Wildman–Crippen MR) is 91.6 cm³/mol. The lowest BCUT2D eigenvalue weighted by atomic mass is 9.77. The van der Waals surface area contributed by atoms with Crippen molar-refractivity contribution in [2.24, 2.45) is 5.41 Å². The van der Waals surface area contributed by atoms with E-state index in [1.165, 1.54) is 11.1 Å². The van der Waals surface area contributed by atoms with E-state index in [0.717, 1.165) is 25.9 Å². The monoisotopic (exact) mass is 330 g/mol. The second-order valence-electron chi connectivity index (χ2n) is 7.09. The number of carbonyl (C=O) groups excluding carboxylic acids is 1. The number of rotatable bonds is 4. The Labute approximate surface area is 143 Å². The first-order valence-corrected chi connectivity index (χ1v) is 8.84. The van der Waals surface area contributed by atoms with Gasteiger partial charge in [0.2, 0.25) is 5.91 Å². The van der Waals surface area contributed by atoms with E-state index in [2.05, 4.69) is 23.1 Å². The third kappa shape index (κ3) is 3.31. The third-order valence-corrected chi connectivity index (χ3v) is 5.63. The summed E-state index contributed by atoms with van der Waals surface area (Å²) in [5, 5.41) is 9.57. The summed E-state index contributed by atoms with van der Waals surface area (Å²) in [5.41, 5.74) is 1.90. The molecule has 1 fully saturated rings. The Morgan fingerprint density at radius 3 is 2.67 bits per heavy atom. The molecule has 130 valence electrons. The van der Waals surface area contributed by atoms with E-state index in [-0.39, 0.29) is 5.91 Å². The number of carboxylic acid groups (broad SMARTS) is 1. The molecule has 0 unspecified atom stereocenters. The van der Waals surface area contributed by atoms with Crippen molar-refractivity contribution in [1.29, 1.82) is 0 Å². The molecule has 0 saturated carbocycles. The van der Waals surface area contributed by atoms with Crippen LogP contribution in [0.1, 0.15) is 37.3 Å². The molecular formula is C19H26N2O3. The fraction of sp³-hybridized carbons (Fsp3) is 0.579. The van der Waals surface area contributed by atoms with E-state index in [1.54, 1.807) is 4.90 Å². The maximum atomic E-state index is 12.7. The van der Waals surface area contributed by atoms with Crippen molar-refractivity contribution < 1.29 is 14.7 Å². The van der Waals surface area contributed by atoms with Gasteiger partial charge in [0.25, 0.3) is 0 Å². The van der Waals surface area contributed by atoms with Crippen molar-refractivity contribution in [3.63, 3.8) is 0 Å². The van der Waals surface area contributed by atoms with Gasteiger partial charge >= 0.3 is 5.97 Å². The smallest absolute Gasteiger partial charge is 0.311 e. The van der Waals surface area contributed by atoms with Crippen LogP contribution in [-0.4, -0.2) is 53.0 Å². The van der Waals surface area contributed by atoms with Gasteiger partial charge in [-0.25, -0.2) is 0 Å². The molecule has 3 rings (SSSR count). The molecule has 2 aliphatic rings. The van der Waals surface area contributed by atoms with Gasteiger partial charge < -0.3 is 10.0 Å². The molecular weight excluding hydrogens is 304 g/mol. The number of likely N-dealkylation sites (tertiary alicyclic amines) is 1. The van der Waals surface area contributed by atoms with Crippen molar-refractivity contribution in [3.8, 4) is 0 Å². The zero-order valence-corrected chi connectivity index (χ0v) is 14.3. The second-order valence-corrected chi connectivity index (χ2v) is 7.09. The number of hydrogen-bond acceptors (Lipinski definition) is 3. The van der Waals surface area contributed by atoms with Gasteiger partial charge in [-0.05, 0) is 36.8 Å². The van der Waals surface area contributed by atoms with Crippen LogP contribution in [0.2, 0.25) is 0 Å². The normalized spacial score (nSPS) is 24.5. The van der Waals surface area contributed by atoms with Gasteiger partial charge in [-0.1, -0.05) is 31.2 Å². The molecule has 0 aliphatic carbocycles. The van der Waals surface area contributed by atoms with E-state index in [9.17, 15) is 14.7 Å². The van der Waals surface area contributed by atoms with Crippen LogP contribution in [0.25, 0.3) is 0 Å². The highest BCUT2D eigenvalue weighted by Crippen LogP contribution is 2.33. The summed E-state index contributed by atoms with van der Waals surface area (Å²) in [6.45, 7) is 5.00. The zero-order valence-electron chi connectivity index (χ0n) is 14.3. The van der Waals surface area contributed by atoms with Crippen LogP contribution < -0.4 is 0 Å². The molecule has 2 heterocycles. The number of amides is 1. The summed E-state index contributed by atoms with van der Waals surface area (Å²) in [4.78, 5) is 28.3. The molecule has 24 heavy (non-hydrogen) atoms. The number of fused-ring (bicyclic) bond motifs is 1. The van der Waals surface area contributed by atoms with Gasteiger partial charge in [0.1, 0.15) is 0 Å². The van der Waals surface area contributed by atoms with E-state index < -0.39 is 11.4 Å². The van der Waals surface area contributed by atoms with Gasteiger partial charge in [0.15, 0.2) is 0 Å². The minimum Gasteiger partial charge on any atom is -0.481 e. The van der Waals surface area contributed by atoms with Crippen LogP contribution >= 0.6 is 0 Å². The van der Waals surface area contributed by atoms with Gasteiger partial charge in [0, 0.05) is 26.2 Å². The molecule has 5 heteroatoms. The maximum absolute atomic E-state index is 12.7. The molecule has 1 aromatic rings. The van der Waals surface area contributed by atoms with Crippen molar-refractivity contribution in [2.75, 3.05) is 26.2 Å². The molecule has 1 amide bonds. The topological polar surface area (TPSA) is 60.9 Å². The molecule has 1 aromatic carbocycles. The van der Waals surface area contributed by atoms with Crippen LogP contribution in [0.5, 0.6) is 0 Å². The summed E-state index contributed by atoms with van der Waals surface area (Å²) in [5.74, 6) is -0.706.